The maximum Gasteiger partial charge on any atom is 0.274 e. The first-order chi connectivity index (χ1) is 8.22. The Morgan fingerprint density at radius 1 is 1.24 bits per heavy atom. The molecule has 17 heavy (non-hydrogen) atoms. The van der Waals surface area contributed by atoms with Gasteiger partial charge in [-0.1, -0.05) is 48.2 Å². The van der Waals surface area contributed by atoms with Crippen LogP contribution >= 0.6 is 15.9 Å². The Morgan fingerprint density at radius 3 is 2.82 bits per heavy atom. The van der Waals surface area contributed by atoms with E-state index in [0.717, 1.165) is 33.5 Å². The first kappa shape index (κ1) is 12.5. The molecule has 90 valence electrons. The topological polar surface area (TPSA) is 29.4 Å². The smallest absolute Gasteiger partial charge is 0.267 e. The van der Waals surface area contributed by atoms with E-state index in [-0.39, 0.29) is 5.91 Å². The molecule has 0 aromatic heterocycles. The molecule has 0 saturated carbocycles. The second-order valence-electron chi connectivity index (χ2n) is 4.37. The van der Waals surface area contributed by atoms with Crippen molar-refractivity contribution >= 4 is 27.4 Å². The van der Waals surface area contributed by atoms with Crippen LogP contribution in [-0.2, 0) is 4.79 Å². The molecule has 0 spiro atoms. The van der Waals surface area contributed by atoms with Crippen LogP contribution in [0.1, 0.15) is 39.0 Å². The number of hydrogen-bond acceptors (Lipinski definition) is 1. The summed E-state index contributed by atoms with van der Waals surface area (Å²) in [7, 11) is 0. The molecule has 0 aliphatic carbocycles. The van der Waals surface area contributed by atoms with Crippen LogP contribution in [0.3, 0.4) is 0 Å². The van der Waals surface area contributed by atoms with Crippen molar-refractivity contribution in [1.29, 1.82) is 0 Å². The summed E-state index contributed by atoms with van der Waals surface area (Å²) >= 11 is 3.40. The second kappa shape index (κ2) is 5.58. The van der Waals surface area contributed by atoms with E-state index in [0.29, 0.717) is 0 Å². The van der Waals surface area contributed by atoms with Gasteiger partial charge in [0.25, 0.3) is 5.91 Å². The van der Waals surface area contributed by atoms with Crippen LogP contribution in [0.25, 0.3) is 5.57 Å². The summed E-state index contributed by atoms with van der Waals surface area (Å²) in [4.78, 5) is 15.9. The van der Waals surface area contributed by atoms with Crippen LogP contribution in [0.4, 0.5) is 0 Å². The maximum absolute atomic E-state index is 11.8. The lowest BCUT2D eigenvalue weighted by molar-refractivity contribution is -0.112. The van der Waals surface area contributed by atoms with E-state index in [1.165, 1.54) is 19.3 Å². The Bertz CT molecular complexity index is 548. The summed E-state index contributed by atoms with van der Waals surface area (Å²) in [5.41, 5.74) is 0.892. The van der Waals surface area contributed by atoms with Gasteiger partial charge in [0.1, 0.15) is 0 Å². The molecule has 0 unspecified atom stereocenters. The molecule has 2 nitrogen and oxygen atoms in total. The number of rotatable bonds is 5. The van der Waals surface area contributed by atoms with Crippen molar-refractivity contribution in [1.82, 2.24) is 0 Å². The molecule has 1 heterocycles. The molecule has 2 rings (SSSR count). The number of fused-ring (bicyclic) bond motifs is 1. The molecule has 0 N–H and O–H groups in total. The highest BCUT2D eigenvalue weighted by molar-refractivity contribution is 9.10. The van der Waals surface area contributed by atoms with Gasteiger partial charge in [-0.25, -0.2) is 4.99 Å². The standard InChI is InChI=1S/C14H16BrNO/c1-2-3-4-5-6-12-11-8-7-10(15)9-13(11)16-14(12)17/h7-9H,2-6H2,1H3. The molecule has 0 fully saturated rings. The van der Waals surface area contributed by atoms with Crippen molar-refractivity contribution in [3.63, 3.8) is 0 Å². The number of nitrogens with zero attached hydrogens (tertiary/aromatic N) is 1. The zero-order chi connectivity index (χ0) is 12.3. The van der Waals surface area contributed by atoms with Gasteiger partial charge < -0.3 is 0 Å². The monoisotopic (exact) mass is 293 g/mol. The third-order valence-corrected chi connectivity index (χ3v) is 3.54. The van der Waals surface area contributed by atoms with E-state index in [1.807, 2.05) is 18.2 Å². The Hall–Kier alpha value is -0.960. The Labute approximate surface area is 110 Å². The third-order valence-electron chi connectivity index (χ3n) is 3.05. The number of benzene rings is 1. The highest BCUT2D eigenvalue weighted by Crippen LogP contribution is 2.13. The van der Waals surface area contributed by atoms with Crippen LogP contribution in [0.15, 0.2) is 27.7 Å². The fourth-order valence-electron chi connectivity index (χ4n) is 2.11. The number of carbonyl (C=O) groups is 1. The minimum atomic E-state index is -0.0467. The fourth-order valence-corrected chi connectivity index (χ4v) is 2.46. The molecule has 0 saturated heterocycles. The van der Waals surface area contributed by atoms with Crippen LogP contribution in [0.2, 0.25) is 0 Å². The molecule has 1 amide bonds. The van der Waals surface area contributed by atoms with Gasteiger partial charge in [0.2, 0.25) is 0 Å². The SMILES string of the molecule is CCCCCCC1=c2ccc(Br)cc2=NC1=O. The molecule has 3 heteroatoms. The van der Waals surface area contributed by atoms with Crippen molar-refractivity contribution < 1.29 is 4.79 Å². The normalized spacial score (nSPS) is 13.8. The van der Waals surface area contributed by atoms with Gasteiger partial charge >= 0.3 is 0 Å². The predicted octanol–water partition coefficient (Wildman–Crippen LogP) is 2.73. The van der Waals surface area contributed by atoms with E-state index >= 15 is 0 Å². The first-order valence-electron chi connectivity index (χ1n) is 6.14. The molecule has 1 aliphatic heterocycles. The summed E-state index contributed by atoms with van der Waals surface area (Å²) in [6.45, 7) is 2.19. The highest BCUT2D eigenvalue weighted by Gasteiger charge is 2.15. The number of hydrogen-bond donors (Lipinski definition) is 0. The van der Waals surface area contributed by atoms with Gasteiger partial charge in [-0.05, 0) is 25.0 Å². The summed E-state index contributed by atoms with van der Waals surface area (Å²) < 4.78 is 0.972. The van der Waals surface area contributed by atoms with Crippen LogP contribution in [0.5, 0.6) is 0 Å². The van der Waals surface area contributed by atoms with E-state index in [4.69, 9.17) is 0 Å². The van der Waals surface area contributed by atoms with E-state index < -0.39 is 0 Å². The predicted molar refractivity (Wildman–Crippen MR) is 72.1 cm³/mol. The summed E-state index contributed by atoms with van der Waals surface area (Å²) in [5, 5.41) is 1.84. The van der Waals surface area contributed by atoms with Gasteiger partial charge in [-0.15, -0.1) is 0 Å². The minimum Gasteiger partial charge on any atom is -0.267 e. The van der Waals surface area contributed by atoms with Gasteiger partial charge in [-0.2, -0.15) is 0 Å². The number of unbranched alkanes of at least 4 members (excludes halogenated alkanes) is 3. The molecular formula is C14H16BrNO. The van der Waals surface area contributed by atoms with Gasteiger partial charge in [0, 0.05) is 15.3 Å². The molecule has 1 aromatic carbocycles. The van der Waals surface area contributed by atoms with Gasteiger partial charge in [-0.3, -0.25) is 4.79 Å². The molecule has 1 aliphatic rings. The van der Waals surface area contributed by atoms with Crippen LogP contribution in [-0.4, -0.2) is 5.91 Å². The first-order valence-corrected chi connectivity index (χ1v) is 6.93. The average Bonchev–Trinajstić information content (AvgIpc) is 2.60. The second-order valence-corrected chi connectivity index (χ2v) is 5.28. The number of halogens is 1. The van der Waals surface area contributed by atoms with E-state index in [1.54, 1.807) is 0 Å². The molecule has 1 aromatic rings. The van der Waals surface area contributed by atoms with Crippen molar-refractivity contribution in [2.45, 2.75) is 39.0 Å². The zero-order valence-electron chi connectivity index (χ0n) is 10.0. The lowest BCUT2D eigenvalue weighted by atomic mass is 10.0. The maximum atomic E-state index is 11.8. The Kier molecular flexibility index (Phi) is 4.11. The number of carbonyl (C=O) groups excluding carboxylic acids is 1. The summed E-state index contributed by atoms with van der Waals surface area (Å²) in [5.74, 6) is -0.0467. The third kappa shape index (κ3) is 2.83. The Balaban J connectivity index is 2.21. The minimum absolute atomic E-state index is 0.0467. The largest absolute Gasteiger partial charge is 0.274 e. The van der Waals surface area contributed by atoms with Crippen molar-refractivity contribution in [2.24, 2.45) is 4.99 Å². The number of amides is 1. The highest BCUT2D eigenvalue weighted by atomic mass is 79.9. The molecule has 0 bridgehead atoms. The molecule has 0 radical (unpaired) electrons. The van der Waals surface area contributed by atoms with Crippen LogP contribution < -0.4 is 10.6 Å². The van der Waals surface area contributed by atoms with Gasteiger partial charge in [0.15, 0.2) is 0 Å². The summed E-state index contributed by atoms with van der Waals surface area (Å²) in [6, 6.07) is 5.87. The van der Waals surface area contributed by atoms with Crippen molar-refractivity contribution in [3.8, 4) is 0 Å². The van der Waals surface area contributed by atoms with Crippen molar-refractivity contribution in [3.05, 3.63) is 33.2 Å². The van der Waals surface area contributed by atoms with E-state index in [2.05, 4.69) is 27.8 Å². The Morgan fingerprint density at radius 2 is 2.06 bits per heavy atom. The lowest BCUT2D eigenvalue weighted by Gasteiger charge is -1.99. The fraction of sp³-hybridized carbons (Fsp3) is 0.429. The van der Waals surface area contributed by atoms with Crippen molar-refractivity contribution in [2.75, 3.05) is 0 Å². The lowest BCUT2D eigenvalue weighted by Crippen LogP contribution is -2.22. The van der Waals surface area contributed by atoms with Gasteiger partial charge in [0.05, 0.1) is 5.36 Å². The summed E-state index contributed by atoms with van der Waals surface area (Å²) in [6.07, 6.45) is 5.60. The molecule has 0 atom stereocenters. The zero-order valence-corrected chi connectivity index (χ0v) is 11.6. The quantitative estimate of drug-likeness (QED) is 0.768. The molecular weight excluding hydrogens is 278 g/mol. The van der Waals surface area contributed by atoms with Crippen LogP contribution in [0, 0.1) is 0 Å². The average molecular weight is 294 g/mol. The van der Waals surface area contributed by atoms with E-state index in [9.17, 15) is 4.79 Å².